The molecule has 2 unspecified atom stereocenters. The van der Waals surface area contributed by atoms with Gasteiger partial charge in [-0.05, 0) is 51.8 Å². The second kappa shape index (κ2) is 11.6. The van der Waals surface area contributed by atoms with E-state index in [4.69, 9.17) is 9.97 Å². The number of aromatic nitrogens is 4. The van der Waals surface area contributed by atoms with Crippen LogP contribution in [-0.4, -0.2) is 56.9 Å². The van der Waals surface area contributed by atoms with Crippen molar-refractivity contribution in [2.75, 3.05) is 27.2 Å². The van der Waals surface area contributed by atoms with Gasteiger partial charge in [-0.25, -0.2) is 19.9 Å². The van der Waals surface area contributed by atoms with Gasteiger partial charge in [0, 0.05) is 54.3 Å². The average molecular weight is 495 g/mol. The fourth-order valence-electron chi connectivity index (χ4n) is 5.60. The molecule has 200 valence electrons. The van der Waals surface area contributed by atoms with Crippen LogP contribution in [0.15, 0.2) is 0 Å². The van der Waals surface area contributed by atoms with Gasteiger partial charge in [0.15, 0.2) is 0 Å². The van der Waals surface area contributed by atoms with E-state index in [9.17, 15) is 0 Å². The van der Waals surface area contributed by atoms with E-state index >= 15 is 0 Å². The molecule has 6 heteroatoms. The van der Waals surface area contributed by atoms with Crippen molar-refractivity contribution in [1.82, 2.24) is 29.7 Å². The van der Waals surface area contributed by atoms with Crippen molar-refractivity contribution in [1.29, 1.82) is 0 Å². The Morgan fingerprint density at radius 3 is 1.72 bits per heavy atom. The zero-order valence-electron chi connectivity index (χ0n) is 25.0. The molecular formula is C30H50N6. The van der Waals surface area contributed by atoms with Gasteiger partial charge in [-0.15, -0.1) is 0 Å². The van der Waals surface area contributed by atoms with Gasteiger partial charge in [-0.3, -0.25) is 4.90 Å². The third-order valence-corrected chi connectivity index (χ3v) is 7.75. The predicted molar refractivity (Wildman–Crippen MR) is 150 cm³/mol. The molecule has 2 aromatic heterocycles. The molecule has 0 radical (unpaired) electrons. The minimum Gasteiger partial charge on any atom is -0.301 e. The van der Waals surface area contributed by atoms with Crippen LogP contribution in [0, 0.1) is 25.7 Å². The van der Waals surface area contributed by atoms with Crippen molar-refractivity contribution in [3.05, 3.63) is 45.6 Å². The molecule has 2 atom stereocenters. The van der Waals surface area contributed by atoms with E-state index in [1.165, 1.54) is 33.9 Å². The van der Waals surface area contributed by atoms with Crippen LogP contribution in [0.5, 0.6) is 0 Å². The molecule has 6 nitrogen and oxygen atoms in total. The highest BCUT2D eigenvalue weighted by Crippen LogP contribution is 2.35. The summed E-state index contributed by atoms with van der Waals surface area (Å²) in [6.45, 7) is 25.3. The molecule has 2 aromatic rings. The number of nitrogens with zero attached hydrogens (tertiary/aromatic N) is 6. The molecular weight excluding hydrogens is 444 g/mol. The summed E-state index contributed by atoms with van der Waals surface area (Å²) < 4.78 is 0. The highest BCUT2D eigenvalue weighted by atomic mass is 15.2. The smallest absolute Gasteiger partial charge is 0.131 e. The molecule has 0 aromatic carbocycles. The van der Waals surface area contributed by atoms with Crippen LogP contribution >= 0.6 is 0 Å². The Morgan fingerprint density at radius 1 is 0.694 bits per heavy atom. The first-order valence-corrected chi connectivity index (χ1v) is 13.9. The molecule has 0 spiro atoms. The van der Waals surface area contributed by atoms with Crippen molar-refractivity contribution in [3.8, 4) is 0 Å². The van der Waals surface area contributed by atoms with E-state index in [1.807, 2.05) is 0 Å². The van der Waals surface area contributed by atoms with E-state index in [0.717, 1.165) is 37.7 Å². The molecule has 36 heavy (non-hydrogen) atoms. The highest BCUT2D eigenvalue weighted by molar-refractivity contribution is 5.32. The minimum absolute atomic E-state index is 0.397. The molecule has 2 aliphatic rings. The number of likely N-dealkylation sites (N-methyl/N-ethyl adjacent to an activating group) is 2. The van der Waals surface area contributed by atoms with Gasteiger partial charge in [-0.2, -0.15) is 0 Å². The van der Waals surface area contributed by atoms with Crippen LogP contribution in [0.3, 0.4) is 0 Å². The van der Waals surface area contributed by atoms with E-state index in [2.05, 4.69) is 103 Å². The number of hydrogen-bond donors (Lipinski definition) is 0. The lowest BCUT2D eigenvalue weighted by molar-refractivity contribution is 0.175. The molecule has 0 aliphatic carbocycles. The fourth-order valence-corrected chi connectivity index (χ4v) is 5.60. The van der Waals surface area contributed by atoms with Crippen molar-refractivity contribution < 1.29 is 0 Å². The molecule has 0 N–H and O–H groups in total. The Hall–Kier alpha value is -1.92. The first-order valence-electron chi connectivity index (χ1n) is 13.9. The Balaban J connectivity index is 0.000000201. The molecule has 0 bridgehead atoms. The van der Waals surface area contributed by atoms with Gasteiger partial charge in [0.25, 0.3) is 0 Å². The summed E-state index contributed by atoms with van der Waals surface area (Å²) in [5.41, 5.74) is 7.67. The van der Waals surface area contributed by atoms with Gasteiger partial charge in [0.2, 0.25) is 0 Å². The molecule has 0 fully saturated rings. The summed E-state index contributed by atoms with van der Waals surface area (Å²) in [5.74, 6) is 4.55. The van der Waals surface area contributed by atoms with Crippen LogP contribution in [0.4, 0.5) is 0 Å². The zero-order valence-corrected chi connectivity index (χ0v) is 25.0. The summed E-state index contributed by atoms with van der Waals surface area (Å²) in [6.07, 6.45) is 1.08. The Morgan fingerprint density at radius 2 is 1.22 bits per heavy atom. The van der Waals surface area contributed by atoms with Crippen LogP contribution in [-0.2, 0) is 13.0 Å². The first-order chi connectivity index (χ1) is 16.8. The SMILES string of the molecule is Cc1nc(C(C)C)nc2c1CCN(C)C2C(C)C.Cc1nc(C(C)C)nc2c1CN(C)CC2C(C)C. The number of hydrogen-bond acceptors (Lipinski definition) is 6. The predicted octanol–water partition coefficient (Wildman–Crippen LogP) is 6.19. The molecule has 0 saturated heterocycles. The van der Waals surface area contributed by atoms with Crippen LogP contribution in [0.1, 0.15) is 125 Å². The third kappa shape index (κ3) is 6.13. The van der Waals surface area contributed by atoms with E-state index in [1.54, 1.807) is 0 Å². The van der Waals surface area contributed by atoms with Gasteiger partial charge in [-0.1, -0.05) is 55.4 Å². The van der Waals surface area contributed by atoms with E-state index in [-0.39, 0.29) is 0 Å². The summed E-state index contributed by atoms with van der Waals surface area (Å²) in [6, 6.07) is 0.438. The second-order valence-corrected chi connectivity index (χ2v) is 12.3. The standard InChI is InChI=1S/2C15H25N3/c1-9(2)12-7-18(6)8-13-11(5)16-15(10(3)4)17-14(12)13;1-9(2)14-13-12(7-8-18(14)6)11(5)16-15(17-13)10(3)4/h9-10,12H,7-8H2,1-6H3;9-10,14H,7-8H2,1-6H3. The molecule has 4 rings (SSSR count). The van der Waals surface area contributed by atoms with Gasteiger partial charge < -0.3 is 4.90 Å². The maximum absolute atomic E-state index is 4.87. The number of aryl methyl sites for hydroxylation is 2. The lowest BCUT2D eigenvalue weighted by atomic mass is 9.85. The van der Waals surface area contributed by atoms with Gasteiger partial charge in [0.05, 0.1) is 17.4 Å². The summed E-state index contributed by atoms with van der Waals surface area (Å²) >= 11 is 0. The maximum Gasteiger partial charge on any atom is 0.131 e. The first kappa shape index (κ1) is 28.6. The average Bonchev–Trinajstić information content (AvgIpc) is 2.78. The van der Waals surface area contributed by atoms with E-state index in [0.29, 0.717) is 35.6 Å². The van der Waals surface area contributed by atoms with Crippen LogP contribution in [0.25, 0.3) is 0 Å². The number of rotatable bonds is 4. The van der Waals surface area contributed by atoms with Gasteiger partial charge >= 0.3 is 0 Å². The van der Waals surface area contributed by atoms with Crippen molar-refractivity contribution >= 4 is 0 Å². The Labute approximate surface area is 220 Å². The molecule has 4 heterocycles. The highest BCUT2D eigenvalue weighted by Gasteiger charge is 2.31. The van der Waals surface area contributed by atoms with Crippen molar-refractivity contribution in [3.63, 3.8) is 0 Å². The number of fused-ring (bicyclic) bond motifs is 2. The maximum atomic E-state index is 4.87. The fraction of sp³-hybridized carbons (Fsp3) is 0.733. The molecule has 0 amide bonds. The zero-order chi connectivity index (χ0) is 26.9. The Kier molecular flexibility index (Phi) is 9.26. The topological polar surface area (TPSA) is 58.0 Å². The van der Waals surface area contributed by atoms with Crippen LogP contribution < -0.4 is 0 Å². The van der Waals surface area contributed by atoms with Crippen molar-refractivity contribution in [2.45, 2.75) is 106 Å². The van der Waals surface area contributed by atoms with Crippen molar-refractivity contribution in [2.24, 2.45) is 11.8 Å². The lowest BCUT2D eigenvalue weighted by Gasteiger charge is -2.37. The van der Waals surface area contributed by atoms with Crippen LogP contribution in [0.2, 0.25) is 0 Å². The second-order valence-electron chi connectivity index (χ2n) is 12.3. The summed E-state index contributed by atoms with van der Waals surface area (Å²) in [5, 5.41) is 0. The monoisotopic (exact) mass is 494 g/mol. The third-order valence-electron chi connectivity index (χ3n) is 7.75. The normalized spacial score (nSPS) is 20.6. The Bertz CT molecular complexity index is 1040. The molecule has 0 saturated carbocycles. The van der Waals surface area contributed by atoms with Gasteiger partial charge in [0.1, 0.15) is 11.6 Å². The lowest BCUT2D eigenvalue weighted by Crippen LogP contribution is -2.36. The summed E-state index contributed by atoms with van der Waals surface area (Å²) in [4.78, 5) is 23.9. The van der Waals surface area contributed by atoms with E-state index < -0.39 is 0 Å². The quantitative estimate of drug-likeness (QED) is 0.505. The molecule has 2 aliphatic heterocycles. The largest absolute Gasteiger partial charge is 0.301 e. The minimum atomic E-state index is 0.397. The summed E-state index contributed by atoms with van der Waals surface area (Å²) in [7, 11) is 4.40.